The zero-order chi connectivity index (χ0) is 14.0. The molecule has 0 aliphatic carbocycles. The van der Waals surface area contributed by atoms with Gasteiger partial charge in [0.25, 0.3) is 0 Å². The molecule has 0 saturated heterocycles. The van der Waals surface area contributed by atoms with Crippen molar-refractivity contribution < 1.29 is 18.0 Å². The molecule has 0 amide bonds. The molecular formula is C11H14N2O4S2. The maximum Gasteiger partial charge on any atom is 0.246 e. The van der Waals surface area contributed by atoms with Crippen molar-refractivity contribution in [1.29, 1.82) is 0 Å². The van der Waals surface area contributed by atoms with Gasteiger partial charge in [-0.25, -0.2) is 13.1 Å². The van der Waals surface area contributed by atoms with Gasteiger partial charge in [-0.1, -0.05) is 5.16 Å². The molecular weight excluding hydrogens is 288 g/mol. The Hall–Kier alpha value is -1.22. The first-order valence-electron chi connectivity index (χ1n) is 5.54. The second-order valence-electron chi connectivity index (χ2n) is 4.08. The van der Waals surface area contributed by atoms with Crippen LogP contribution in [0.4, 0.5) is 0 Å². The van der Waals surface area contributed by atoms with Gasteiger partial charge in [0, 0.05) is 6.54 Å². The van der Waals surface area contributed by atoms with Gasteiger partial charge in [0.1, 0.15) is 10.6 Å². The van der Waals surface area contributed by atoms with Gasteiger partial charge in [-0.2, -0.15) is 11.3 Å². The average molecular weight is 302 g/mol. The predicted octanol–water partition coefficient (Wildman–Crippen LogP) is 1.36. The lowest BCUT2D eigenvalue weighted by Crippen LogP contribution is -2.29. The third kappa shape index (κ3) is 3.03. The molecule has 2 heterocycles. The van der Waals surface area contributed by atoms with Crippen molar-refractivity contribution in [3.05, 3.63) is 33.8 Å². The summed E-state index contributed by atoms with van der Waals surface area (Å²) in [6.07, 6.45) is -0.874. The molecule has 19 heavy (non-hydrogen) atoms. The van der Waals surface area contributed by atoms with E-state index in [2.05, 4.69) is 9.88 Å². The van der Waals surface area contributed by atoms with Crippen LogP contribution in [0.5, 0.6) is 0 Å². The van der Waals surface area contributed by atoms with E-state index in [9.17, 15) is 13.5 Å². The Bertz CT molecular complexity index is 627. The smallest absolute Gasteiger partial charge is 0.246 e. The van der Waals surface area contributed by atoms with E-state index in [1.165, 1.54) is 18.3 Å². The van der Waals surface area contributed by atoms with Crippen molar-refractivity contribution in [3.63, 3.8) is 0 Å². The van der Waals surface area contributed by atoms with Crippen LogP contribution in [0.1, 0.15) is 23.1 Å². The van der Waals surface area contributed by atoms with Gasteiger partial charge in [-0.05, 0) is 36.2 Å². The number of sulfonamides is 1. The summed E-state index contributed by atoms with van der Waals surface area (Å²) in [7, 11) is -3.73. The van der Waals surface area contributed by atoms with Gasteiger partial charge in [0.15, 0.2) is 5.76 Å². The van der Waals surface area contributed by atoms with E-state index in [1.807, 2.05) is 5.38 Å². The van der Waals surface area contributed by atoms with Gasteiger partial charge in [0.2, 0.25) is 10.0 Å². The fourth-order valence-corrected chi connectivity index (χ4v) is 3.77. The Kier molecular flexibility index (Phi) is 4.04. The number of hydrogen-bond acceptors (Lipinski definition) is 6. The zero-order valence-electron chi connectivity index (χ0n) is 10.5. The van der Waals surface area contributed by atoms with E-state index in [0.717, 1.165) is 0 Å². The van der Waals surface area contributed by atoms with E-state index in [0.29, 0.717) is 11.3 Å². The Morgan fingerprint density at radius 2 is 2.26 bits per heavy atom. The second kappa shape index (κ2) is 5.41. The summed E-state index contributed by atoms with van der Waals surface area (Å²) in [5.74, 6) is 0.232. The minimum absolute atomic E-state index is 0.0324. The minimum atomic E-state index is -3.73. The molecule has 2 aromatic rings. The van der Waals surface area contributed by atoms with Crippen LogP contribution in [0.2, 0.25) is 0 Å². The molecule has 0 aliphatic heterocycles. The van der Waals surface area contributed by atoms with Gasteiger partial charge < -0.3 is 9.63 Å². The fraction of sp³-hybridized carbons (Fsp3) is 0.364. The number of hydrogen-bond donors (Lipinski definition) is 2. The lowest BCUT2D eigenvalue weighted by atomic mass is 10.2. The largest absolute Gasteiger partial charge is 0.387 e. The Morgan fingerprint density at radius 3 is 2.79 bits per heavy atom. The lowest BCUT2D eigenvalue weighted by Gasteiger charge is -2.10. The number of aliphatic hydroxyl groups excluding tert-OH is 1. The van der Waals surface area contributed by atoms with Gasteiger partial charge in [0.05, 0.1) is 6.10 Å². The highest BCUT2D eigenvalue weighted by Crippen LogP contribution is 2.20. The van der Waals surface area contributed by atoms with E-state index in [1.54, 1.807) is 18.4 Å². The van der Waals surface area contributed by atoms with Crippen LogP contribution in [0.3, 0.4) is 0 Å². The second-order valence-corrected chi connectivity index (χ2v) is 6.56. The van der Waals surface area contributed by atoms with E-state index >= 15 is 0 Å². The molecule has 0 radical (unpaired) electrons. The topological polar surface area (TPSA) is 92.4 Å². The van der Waals surface area contributed by atoms with Crippen molar-refractivity contribution >= 4 is 21.4 Å². The lowest BCUT2D eigenvalue weighted by molar-refractivity contribution is 0.182. The number of aryl methyl sites for hydroxylation is 2. The van der Waals surface area contributed by atoms with Crippen LogP contribution in [0.15, 0.2) is 26.2 Å². The van der Waals surface area contributed by atoms with E-state index < -0.39 is 16.1 Å². The molecule has 8 heteroatoms. The summed E-state index contributed by atoms with van der Waals surface area (Å²) in [5, 5.41) is 17.0. The summed E-state index contributed by atoms with van der Waals surface area (Å²) in [6, 6.07) is 1.75. The number of aromatic nitrogens is 1. The van der Waals surface area contributed by atoms with Crippen LogP contribution < -0.4 is 4.72 Å². The number of aliphatic hydroxyl groups is 1. The molecule has 0 bridgehead atoms. The monoisotopic (exact) mass is 302 g/mol. The molecule has 0 spiro atoms. The first kappa shape index (κ1) is 14.2. The van der Waals surface area contributed by atoms with Crippen LogP contribution in [-0.2, 0) is 10.0 Å². The molecule has 2 N–H and O–H groups in total. The number of nitrogens with one attached hydrogen (secondary N) is 1. The summed E-state index contributed by atoms with van der Waals surface area (Å²) >= 11 is 1.44. The summed E-state index contributed by atoms with van der Waals surface area (Å²) in [6.45, 7) is 2.99. The highest BCUT2D eigenvalue weighted by Gasteiger charge is 2.24. The standard InChI is InChI=1S/C11H14N2O4S2/c1-7-11(8(2)17-13-7)19(15,16)12-5-10(14)9-3-4-18-6-9/h3-4,6,10,12,14H,5H2,1-2H3. The normalized spacial score (nSPS) is 13.6. The van der Waals surface area contributed by atoms with E-state index in [-0.39, 0.29) is 17.2 Å². The highest BCUT2D eigenvalue weighted by molar-refractivity contribution is 7.89. The van der Waals surface area contributed by atoms with Crippen LogP contribution in [-0.4, -0.2) is 25.2 Å². The van der Waals surface area contributed by atoms with E-state index in [4.69, 9.17) is 4.52 Å². The Morgan fingerprint density at radius 1 is 1.53 bits per heavy atom. The molecule has 0 saturated carbocycles. The number of nitrogens with zero attached hydrogens (tertiary/aromatic N) is 1. The molecule has 1 unspecified atom stereocenters. The fourth-order valence-electron chi connectivity index (χ4n) is 1.70. The predicted molar refractivity (Wildman–Crippen MR) is 70.4 cm³/mol. The van der Waals surface area contributed by atoms with Gasteiger partial charge in [-0.3, -0.25) is 0 Å². The minimum Gasteiger partial charge on any atom is -0.387 e. The molecule has 2 rings (SSSR count). The quantitative estimate of drug-likeness (QED) is 0.870. The summed E-state index contributed by atoms with van der Waals surface area (Å²) < 4.78 is 31.4. The van der Waals surface area contributed by atoms with Gasteiger partial charge >= 0.3 is 0 Å². The average Bonchev–Trinajstić information content (AvgIpc) is 2.96. The summed E-state index contributed by atoms with van der Waals surface area (Å²) in [4.78, 5) is 0.0324. The molecule has 0 aliphatic rings. The highest BCUT2D eigenvalue weighted by atomic mass is 32.2. The third-order valence-electron chi connectivity index (χ3n) is 2.63. The first-order chi connectivity index (χ1) is 8.92. The molecule has 0 aromatic carbocycles. The first-order valence-corrected chi connectivity index (χ1v) is 7.97. The molecule has 104 valence electrons. The summed E-state index contributed by atoms with van der Waals surface area (Å²) in [5.41, 5.74) is 0.987. The third-order valence-corrected chi connectivity index (χ3v) is 5.00. The van der Waals surface area contributed by atoms with Crippen molar-refractivity contribution in [2.75, 3.05) is 6.54 Å². The Balaban J connectivity index is 2.11. The maximum atomic E-state index is 12.1. The Labute approximate surface area is 115 Å². The van der Waals surface area contributed by atoms with Crippen molar-refractivity contribution in [2.24, 2.45) is 0 Å². The van der Waals surface area contributed by atoms with Crippen LogP contribution >= 0.6 is 11.3 Å². The van der Waals surface area contributed by atoms with Crippen molar-refractivity contribution in [3.8, 4) is 0 Å². The molecule has 6 nitrogen and oxygen atoms in total. The van der Waals surface area contributed by atoms with Crippen LogP contribution in [0, 0.1) is 13.8 Å². The zero-order valence-corrected chi connectivity index (χ0v) is 12.1. The molecule has 0 fully saturated rings. The number of rotatable bonds is 5. The van der Waals surface area contributed by atoms with Crippen LogP contribution in [0.25, 0.3) is 0 Å². The number of thiophene rings is 1. The SMILES string of the molecule is Cc1noc(C)c1S(=O)(=O)NCC(O)c1ccsc1. The van der Waals surface area contributed by atoms with Crippen molar-refractivity contribution in [1.82, 2.24) is 9.88 Å². The molecule has 2 aromatic heterocycles. The molecule has 1 atom stereocenters. The van der Waals surface area contributed by atoms with Crippen molar-refractivity contribution in [2.45, 2.75) is 24.8 Å². The maximum absolute atomic E-state index is 12.1. The van der Waals surface area contributed by atoms with Gasteiger partial charge in [-0.15, -0.1) is 0 Å².